The Bertz CT molecular complexity index is 434. The number of carbonyl (C=O) groups excluding carboxylic acids is 1. The third-order valence-corrected chi connectivity index (χ3v) is 3.56. The van der Waals surface area contributed by atoms with Crippen molar-refractivity contribution in [2.75, 3.05) is 33.3 Å². The number of benzene rings is 1. The normalized spacial score (nSPS) is 17.4. The van der Waals surface area contributed by atoms with E-state index in [0.29, 0.717) is 13.2 Å². The zero-order valence-corrected chi connectivity index (χ0v) is 12.9. The fourth-order valence-corrected chi connectivity index (χ4v) is 2.30. The fraction of sp³-hybridized carbons (Fsp3) is 0.533. The molecular weight excluding hydrogens is 276 g/mol. The molecule has 4 nitrogen and oxygen atoms in total. The van der Waals surface area contributed by atoms with Gasteiger partial charge < -0.3 is 15.0 Å². The molecule has 1 aromatic carbocycles. The molecule has 1 atom stereocenters. The van der Waals surface area contributed by atoms with E-state index in [1.807, 2.05) is 38.2 Å². The number of ether oxygens (including phenoxy) is 1. The van der Waals surface area contributed by atoms with E-state index in [0.717, 1.165) is 30.8 Å². The van der Waals surface area contributed by atoms with Gasteiger partial charge >= 0.3 is 0 Å². The molecule has 20 heavy (non-hydrogen) atoms. The molecule has 1 amide bonds. The third-order valence-electron chi connectivity index (χ3n) is 3.56. The van der Waals surface area contributed by atoms with Crippen LogP contribution in [0.1, 0.15) is 12.0 Å². The second-order valence-electron chi connectivity index (χ2n) is 5.06. The zero-order chi connectivity index (χ0) is 13.7. The van der Waals surface area contributed by atoms with Gasteiger partial charge in [-0.05, 0) is 31.5 Å². The molecule has 5 heteroatoms. The van der Waals surface area contributed by atoms with Crippen LogP contribution >= 0.6 is 12.4 Å². The van der Waals surface area contributed by atoms with Gasteiger partial charge in [-0.1, -0.05) is 18.2 Å². The van der Waals surface area contributed by atoms with Crippen molar-refractivity contribution >= 4 is 18.3 Å². The molecule has 2 rings (SSSR count). The maximum atomic E-state index is 12.1. The predicted molar refractivity (Wildman–Crippen MR) is 82.5 cm³/mol. The molecule has 0 bridgehead atoms. The largest absolute Gasteiger partial charge is 0.491 e. The van der Waals surface area contributed by atoms with E-state index < -0.39 is 0 Å². The van der Waals surface area contributed by atoms with E-state index in [2.05, 4.69) is 5.32 Å². The summed E-state index contributed by atoms with van der Waals surface area (Å²) in [4.78, 5) is 13.9. The smallest absolute Gasteiger partial charge is 0.226 e. The van der Waals surface area contributed by atoms with E-state index in [1.165, 1.54) is 0 Å². The number of carbonyl (C=O) groups is 1. The minimum absolute atomic E-state index is 0. The SMILES string of the molecule is Cc1ccccc1OCCN(C)C(=O)C1CCNC1.Cl. The number of aryl methyl sites for hydroxylation is 1. The highest BCUT2D eigenvalue weighted by Gasteiger charge is 2.24. The highest BCUT2D eigenvalue weighted by Crippen LogP contribution is 2.16. The van der Waals surface area contributed by atoms with Crippen molar-refractivity contribution in [2.45, 2.75) is 13.3 Å². The summed E-state index contributed by atoms with van der Waals surface area (Å²) in [5, 5.41) is 3.22. The molecule has 0 aliphatic carbocycles. The first-order valence-electron chi connectivity index (χ1n) is 6.82. The monoisotopic (exact) mass is 298 g/mol. The average molecular weight is 299 g/mol. The standard InChI is InChI=1S/C15H22N2O2.ClH/c1-12-5-3-4-6-14(12)19-10-9-17(2)15(18)13-7-8-16-11-13;/h3-6,13,16H,7-11H2,1-2H3;1H. The Kier molecular flexibility index (Phi) is 6.82. The topological polar surface area (TPSA) is 41.6 Å². The molecule has 1 N–H and O–H groups in total. The van der Waals surface area contributed by atoms with Gasteiger partial charge in [0, 0.05) is 13.6 Å². The lowest BCUT2D eigenvalue weighted by molar-refractivity contribution is -0.133. The Morgan fingerprint density at radius 2 is 2.20 bits per heavy atom. The molecule has 1 unspecified atom stereocenters. The van der Waals surface area contributed by atoms with Crippen LogP contribution in [0, 0.1) is 12.8 Å². The number of hydrogen-bond acceptors (Lipinski definition) is 3. The van der Waals surface area contributed by atoms with Crippen molar-refractivity contribution < 1.29 is 9.53 Å². The Balaban J connectivity index is 0.00000200. The zero-order valence-electron chi connectivity index (χ0n) is 12.1. The molecule has 1 fully saturated rings. The van der Waals surface area contributed by atoms with Gasteiger partial charge in [0.2, 0.25) is 5.91 Å². The summed E-state index contributed by atoms with van der Waals surface area (Å²) in [5.41, 5.74) is 1.12. The molecular formula is C15H23ClN2O2. The number of nitrogens with one attached hydrogen (secondary N) is 1. The second-order valence-corrected chi connectivity index (χ2v) is 5.06. The molecule has 0 aromatic heterocycles. The maximum Gasteiger partial charge on any atom is 0.226 e. The number of amides is 1. The highest BCUT2D eigenvalue weighted by molar-refractivity contribution is 5.85. The van der Waals surface area contributed by atoms with Crippen LogP contribution in [0.25, 0.3) is 0 Å². The van der Waals surface area contributed by atoms with Crippen molar-refractivity contribution in [3.05, 3.63) is 29.8 Å². The molecule has 1 aliphatic rings. The van der Waals surface area contributed by atoms with Crippen LogP contribution in [0.4, 0.5) is 0 Å². The lowest BCUT2D eigenvalue weighted by Gasteiger charge is -2.21. The molecule has 1 saturated heterocycles. The second kappa shape index (κ2) is 8.12. The number of para-hydroxylation sites is 1. The Morgan fingerprint density at radius 1 is 1.45 bits per heavy atom. The van der Waals surface area contributed by atoms with Crippen molar-refractivity contribution in [2.24, 2.45) is 5.92 Å². The molecule has 1 aromatic rings. The minimum Gasteiger partial charge on any atom is -0.491 e. The van der Waals surface area contributed by atoms with Gasteiger partial charge in [0.1, 0.15) is 12.4 Å². The molecule has 112 valence electrons. The molecule has 0 saturated carbocycles. The van der Waals surface area contributed by atoms with E-state index in [4.69, 9.17) is 4.74 Å². The van der Waals surface area contributed by atoms with Gasteiger partial charge in [0.15, 0.2) is 0 Å². The number of nitrogens with zero attached hydrogens (tertiary/aromatic N) is 1. The summed E-state index contributed by atoms with van der Waals surface area (Å²) >= 11 is 0. The molecule has 1 heterocycles. The number of hydrogen-bond donors (Lipinski definition) is 1. The number of likely N-dealkylation sites (N-methyl/N-ethyl adjacent to an activating group) is 1. The summed E-state index contributed by atoms with van der Waals surface area (Å²) < 4.78 is 5.71. The first-order valence-corrected chi connectivity index (χ1v) is 6.82. The van der Waals surface area contributed by atoms with E-state index in [1.54, 1.807) is 4.90 Å². The van der Waals surface area contributed by atoms with Crippen LogP contribution in [-0.4, -0.2) is 44.1 Å². The molecule has 0 spiro atoms. The van der Waals surface area contributed by atoms with Gasteiger partial charge in [0.25, 0.3) is 0 Å². The fourth-order valence-electron chi connectivity index (χ4n) is 2.30. The van der Waals surface area contributed by atoms with Crippen LogP contribution in [0.5, 0.6) is 5.75 Å². The van der Waals surface area contributed by atoms with E-state index in [-0.39, 0.29) is 24.2 Å². The lowest BCUT2D eigenvalue weighted by atomic mass is 10.1. The average Bonchev–Trinajstić information content (AvgIpc) is 2.94. The summed E-state index contributed by atoms with van der Waals surface area (Å²) in [5.74, 6) is 1.26. The van der Waals surface area contributed by atoms with E-state index in [9.17, 15) is 4.79 Å². The predicted octanol–water partition coefficient (Wildman–Crippen LogP) is 1.86. The summed E-state index contributed by atoms with van der Waals surface area (Å²) in [7, 11) is 1.85. The first-order chi connectivity index (χ1) is 9.18. The Hall–Kier alpha value is -1.26. The van der Waals surface area contributed by atoms with E-state index >= 15 is 0 Å². The van der Waals surface area contributed by atoms with Gasteiger partial charge in [0.05, 0.1) is 12.5 Å². The Morgan fingerprint density at radius 3 is 2.85 bits per heavy atom. The number of rotatable bonds is 5. The molecule has 1 aliphatic heterocycles. The highest BCUT2D eigenvalue weighted by atomic mass is 35.5. The third kappa shape index (κ3) is 4.39. The lowest BCUT2D eigenvalue weighted by Crippen LogP contribution is -2.36. The first kappa shape index (κ1) is 16.8. The summed E-state index contributed by atoms with van der Waals surface area (Å²) in [6.45, 7) is 4.94. The minimum atomic E-state index is 0. The van der Waals surface area contributed by atoms with Gasteiger partial charge in [-0.15, -0.1) is 12.4 Å². The van der Waals surface area contributed by atoms with Crippen LogP contribution in [0.15, 0.2) is 24.3 Å². The van der Waals surface area contributed by atoms with Gasteiger partial charge in [-0.3, -0.25) is 4.79 Å². The number of halogens is 1. The summed E-state index contributed by atoms with van der Waals surface area (Å²) in [6, 6.07) is 7.93. The maximum absolute atomic E-state index is 12.1. The van der Waals surface area contributed by atoms with Crippen LogP contribution in [0.3, 0.4) is 0 Å². The van der Waals surface area contributed by atoms with Crippen LogP contribution < -0.4 is 10.1 Å². The van der Waals surface area contributed by atoms with Gasteiger partial charge in [-0.25, -0.2) is 0 Å². The van der Waals surface area contributed by atoms with Crippen LogP contribution in [0.2, 0.25) is 0 Å². The van der Waals surface area contributed by atoms with Crippen LogP contribution in [-0.2, 0) is 4.79 Å². The van der Waals surface area contributed by atoms with Crippen molar-refractivity contribution in [1.82, 2.24) is 10.2 Å². The quantitative estimate of drug-likeness (QED) is 0.902. The molecule has 0 radical (unpaired) electrons. The van der Waals surface area contributed by atoms with Gasteiger partial charge in [-0.2, -0.15) is 0 Å². The summed E-state index contributed by atoms with van der Waals surface area (Å²) in [6.07, 6.45) is 0.946. The van der Waals surface area contributed by atoms with Crippen molar-refractivity contribution in [3.8, 4) is 5.75 Å². The van der Waals surface area contributed by atoms with Crippen molar-refractivity contribution in [3.63, 3.8) is 0 Å². The Labute approximate surface area is 126 Å². The van der Waals surface area contributed by atoms with Crippen molar-refractivity contribution in [1.29, 1.82) is 0 Å².